The number of carboxylic acids is 1. The summed E-state index contributed by atoms with van der Waals surface area (Å²) in [6.07, 6.45) is 2.71. The van der Waals surface area contributed by atoms with Gasteiger partial charge in [-0.1, -0.05) is 43.2 Å². The number of carboxylic acid groups (broad SMARTS) is 1. The molecule has 2 N–H and O–H groups in total. The van der Waals surface area contributed by atoms with Gasteiger partial charge in [0.25, 0.3) is 0 Å². The number of hydrogen-bond donors (Lipinski definition) is 2. The van der Waals surface area contributed by atoms with Crippen LogP contribution in [-0.4, -0.2) is 34.1 Å². The Kier molecular flexibility index (Phi) is 4.83. The Morgan fingerprint density at radius 1 is 1.24 bits per heavy atom. The summed E-state index contributed by atoms with van der Waals surface area (Å²) in [5.41, 5.74) is -0.0495. The lowest BCUT2D eigenvalue weighted by atomic mass is 9.98. The van der Waals surface area contributed by atoms with E-state index in [1.165, 1.54) is 0 Å². The van der Waals surface area contributed by atoms with Crippen LogP contribution < -0.4 is 5.32 Å². The topological polar surface area (TPSA) is 69.6 Å². The van der Waals surface area contributed by atoms with Gasteiger partial charge < -0.3 is 15.3 Å². The molecule has 0 saturated heterocycles. The fourth-order valence-corrected chi connectivity index (χ4v) is 2.79. The minimum absolute atomic E-state index is 0.300. The Balaban J connectivity index is 2.04. The minimum Gasteiger partial charge on any atom is -0.480 e. The average Bonchev–Trinajstić information content (AvgIpc) is 2.95. The number of rotatable bonds is 5. The van der Waals surface area contributed by atoms with Crippen LogP contribution in [0.2, 0.25) is 0 Å². The molecular formula is C16H22N2O3. The van der Waals surface area contributed by atoms with Crippen LogP contribution in [0.25, 0.3) is 0 Å². The minimum atomic E-state index is -1.08. The first-order valence-electron chi connectivity index (χ1n) is 7.42. The zero-order valence-corrected chi connectivity index (χ0v) is 12.3. The van der Waals surface area contributed by atoms with Crippen LogP contribution >= 0.6 is 0 Å². The summed E-state index contributed by atoms with van der Waals surface area (Å²) in [6.45, 7) is 2.92. The standard InChI is InChI=1S/C16H22N2O3/c1-2-18(12-13-8-4-3-5-9-13)15(21)17-16(14(19)20)10-6-7-11-16/h3-5,8-9H,2,6-7,10-12H2,1H3,(H,17,21)(H,19,20). The zero-order chi connectivity index (χ0) is 15.3. The summed E-state index contributed by atoms with van der Waals surface area (Å²) in [7, 11) is 0. The van der Waals surface area contributed by atoms with E-state index in [2.05, 4.69) is 5.32 Å². The third-order valence-electron chi connectivity index (χ3n) is 4.10. The van der Waals surface area contributed by atoms with Gasteiger partial charge in [0.2, 0.25) is 0 Å². The number of nitrogens with one attached hydrogen (secondary N) is 1. The van der Waals surface area contributed by atoms with Crippen molar-refractivity contribution in [3.63, 3.8) is 0 Å². The number of aliphatic carboxylic acids is 1. The van der Waals surface area contributed by atoms with Crippen molar-refractivity contribution in [2.24, 2.45) is 0 Å². The lowest BCUT2D eigenvalue weighted by Crippen LogP contribution is -2.56. The van der Waals surface area contributed by atoms with Crippen molar-refractivity contribution < 1.29 is 14.7 Å². The van der Waals surface area contributed by atoms with Crippen molar-refractivity contribution in [2.75, 3.05) is 6.54 Å². The molecule has 0 aromatic heterocycles. The van der Waals surface area contributed by atoms with Crippen molar-refractivity contribution in [3.8, 4) is 0 Å². The van der Waals surface area contributed by atoms with Gasteiger partial charge in [0.15, 0.2) is 0 Å². The second-order valence-electron chi connectivity index (χ2n) is 5.52. The highest BCUT2D eigenvalue weighted by Gasteiger charge is 2.43. The number of carbonyl (C=O) groups excluding carboxylic acids is 1. The number of carbonyl (C=O) groups is 2. The molecule has 5 nitrogen and oxygen atoms in total. The molecule has 1 fully saturated rings. The van der Waals surface area contributed by atoms with E-state index in [0.717, 1.165) is 18.4 Å². The smallest absolute Gasteiger partial charge is 0.329 e. The molecule has 1 saturated carbocycles. The molecule has 1 aromatic rings. The third kappa shape index (κ3) is 3.54. The highest BCUT2D eigenvalue weighted by molar-refractivity contribution is 5.86. The summed E-state index contributed by atoms with van der Waals surface area (Å²) in [5, 5.41) is 12.2. The maximum Gasteiger partial charge on any atom is 0.329 e. The Labute approximate surface area is 125 Å². The molecule has 114 valence electrons. The highest BCUT2D eigenvalue weighted by Crippen LogP contribution is 2.30. The highest BCUT2D eigenvalue weighted by atomic mass is 16.4. The predicted octanol–water partition coefficient (Wildman–Crippen LogP) is 2.62. The van der Waals surface area contributed by atoms with Crippen LogP contribution in [-0.2, 0) is 11.3 Å². The van der Waals surface area contributed by atoms with Crippen molar-refractivity contribution in [1.29, 1.82) is 0 Å². The normalized spacial score (nSPS) is 16.4. The molecule has 5 heteroatoms. The molecule has 0 aliphatic heterocycles. The molecule has 0 heterocycles. The maximum atomic E-state index is 12.4. The van der Waals surface area contributed by atoms with Crippen molar-refractivity contribution in [3.05, 3.63) is 35.9 Å². The maximum absolute atomic E-state index is 12.4. The SMILES string of the molecule is CCN(Cc1ccccc1)C(=O)NC1(C(=O)O)CCCC1. The van der Waals surface area contributed by atoms with Gasteiger partial charge in [0, 0.05) is 13.1 Å². The van der Waals surface area contributed by atoms with Gasteiger partial charge in [-0.25, -0.2) is 9.59 Å². The molecule has 0 unspecified atom stereocenters. The fraction of sp³-hybridized carbons (Fsp3) is 0.500. The number of benzene rings is 1. The zero-order valence-electron chi connectivity index (χ0n) is 12.3. The Hall–Kier alpha value is -2.04. The molecule has 0 radical (unpaired) electrons. The third-order valence-corrected chi connectivity index (χ3v) is 4.10. The van der Waals surface area contributed by atoms with Crippen LogP contribution in [0, 0.1) is 0 Å². The molecule has 2 rings (SSSR count). The van der Waals surface area contributed by atoms with Gasteiger partial charge in [-0.3, -0.25) is 0 Å². The Morgan fingerprint density at radius 2 is 1.86 bits per heavy atom. The van der Waals surface area contributed by atoms with Crippen LogP contribution in [0.1, 0.15) is 38.2 Å². The Bertz CT molecular complexity index is 496. The molecule has 1 aromatic carbocycles. The van der Waals surface area contributed by atoms with Gasteiger partial charge >= 0.3 is 12.0 Å². The number of nitrogens with zero attached hydrogens (tertiary/aromatic N) is 1. The van der Waals surface area contributed by atoms with E-state index in [-0.39, 0.29) is 6.03 Å². The molecule has 0 atom stereocenters. The van der Waals surface area contributed by atoms with Crippen LogP contribution in [0.5, 0.6) is 0 Å². The molecule has 21 heavy (non-hydrogen) atoms. The molecule has 0 bridgehead atoms. The summed E-state index contributed by atoms with van der Waals surface area (Å²) < 4.78 is 0. The van der Waals surface area contributed by atoms with E-state index >= 15 is 0 Å². The average molecular weight is 290 g/mol. The number of amides is 2. The summed E-state index contributed by atoms with van der Waals surface area (Å²) >= 11 is 0. The fourth-order valence-electron chi connectivity index (χ4n) is 2.79. The van der Waals surface area contributed by atoms with Gasteiger partial charge in [-0.05, 0) is 25.3 Å². The molecular weight excluding hydrogens is 268 g/mol. The summed E-state index contributed by atoms with van der Waals surface area (Å²) in [4.78, 5) is 25.5. The van der Waals surface area contributed by atoms with Gasteiger partial charge in [-0.2, -0.15) is 0 Å². The van der Waals surface area contributed by atoms with Gasteiger partial charge in [-0.15, -0.1) is 0 Å². The number of urea groups is 1. The monoisotopic (exact) mass is 290 g/mol. The van der Waals surface area contributed by atoms with E-state index < -0.39 is 11.5 Å². The van der Waals surface area contributed by atoms with Crippen LogP contribution in [0.4, 0.5) is 4.79 Å². The molecule has 1 aliphatic rings. The summed E-state index contributed by atoms with van der Waals surface area (Å²) in [6, 6.07) is 9.40. The van der Waals surface area contributed by atoms with E-state index in [1.807, 2.05) is 37.3 Å². The lowest BCUT2D eigenvalue weighted by Gasteiger charge is -2.30. The van der Waals surface area contributed by atoms with Crippen LogP contribution in [0.15, 0.2) is 30.3 Å². The predicted molar refractivity (Wildman–Crippen MR) is 79.9 cm³/mol. The van der Waals surface area contributed by atoms with Crippen LogP contribution in [0.3, 0.4) is 0 Å². The molecule has 0 spiro atoms. The Morgan fingerprint density at radius 3 is 2.38 bits per heavy atom. The lowest BCUT2D eigenvalue weighted by molar-refractivity contribution is -0.144. The first kappa shape index (κ1) is 15.4. The van der Waals surface area contributed by atoms with Gasteiger partial charge in [0.1, 0.15) is 5.54 Å². The van der Waals surface area contributed by atoms with Crippen molar-refractivity contribution in [1.82, 2.24) is 10.2 Å². The quantitative estimate of drug-likeness (QED) is 0.875. The van der Waals surface area contributed by atoms with Crippen molar-refractivity contribution in [2.45, 2.75) is 44.7 Å². The number of hydrogen-bond acceptors (Lipinski definition) is 2. The van der Waals surface area contributed by atoms with Gasteiger partial charge in [0.05, 0.1) is 0 Å². The second-order valence-corrected chi connectivity index (χ2v) is 5.52. The first-order chi connectivity index (χ1) is 10.1. The first-order valence-corrected chi connectivity index (χ1v) is 7.42. The van der Waals surface area contributed by atoms with E-state index in [1.54, 1.807) is 4.90 Å². The van der Waals surface area contributed by atoms with E-state index in [9.17, 15) is 14.7 Å². The summed E-state index contributed by atoms with van der Waals surface area (Å²) in [5.74, 6) is -0.927. The van der Waals surface area contributed by atoms with E-state index in [0.29, 0.717) is 25.9 Å². The largest absolute Gasteiger partial charge is 0.480 e. The molecule has 1 aliphatic carbocycles. The van der Waals surface area contributed by atoms with Crippen molar-refractivity contribution >= 4 is 12.0 Å². The van der Waals surface area contributed by atoms with E-state index in [4.69, 9.17) is 0 Å². The molecule has 2 amide bonds. The second kappa shape index (κ2) is 6.61.